The van der Waals surface area contributed by atoms with Crippen molar-refractivity contribution in [2.45, 2.75) is 0 Å². The molecule has 0 aliphatic carbocycles. The van der Waals surface area contributed by atoms with Crippen LogP contribution in [-0.2, 0) is 0 Å². The molecule has 5 aromatic carbocycles. The van der Waals surface area contributed by atoms with Gasteiger partial charge in [-0.25, -0.2) is 9.97 Å². The third-order valence-electron chi connectivity index (χ3n) is 7.43. The van der Waals surface area contributed by atoms with E-state index in [9.17, 15) is 4.79 Å². The van der Waals surface area contributed by atoms with E-state index >= 15 is 0 Å². The average molecular weight is 548 g/mol. The maximum atomic E-state index is 13.8. The van der Waals surface area contributed by atoms with E-state index in [-0.39, 0.29) is 5.43 Å². The number of thiophene rings is 1. The van der Waals surface area contributed by atoms with Crippen molar-refractivity contribution in [3.05, 3.63) is 138 Å². The quantitative estimate of drug-likeness (QED) is 0.206. The van der Waals surface area contributed by atoms with Gasteiger partial charge in [-0.3, -0.25) is 4.79 Å². The molecule has 5 nitrogen and oxygen atoms in total. The van der Waals surface area contributed by atoms with Gasteiger partial charge in [0.1, 0.15) is 17.5 Å². The van der Waals surface area contributed by atoms with Crippen molar-refractivity contribution >= 4 is 70.5 Å². The van der Waals surface area contributed by atoms with E-state index in [4.69, 9.17) is 4.42 Å². The predicted octanol–water partition coefficient (Wildman–Crippen LogP) is 9.24. The minimum Gasteiger partial charge on any atom is -0.456 e. The minimum absolute atomic E-state index is 0.0465. The number of nitrogens with zero attached hydrogens (tertiary/aromatic N) is 3. The molecule has 3 aromatic heterocycles. The van der Waals surface area contributed by atoms with Crippen LogP contribution in [0, 0.1) is 0 Å². The van der Waals surface area contributed by atoms with Crippen molar-refractivity contribution in [1.29, 1.82) is 0 Å². The second-order valence-corrected chi connectivity index (χ2v) is 10.9. The highest BCUT2D eigenvalue weighted by molar-refractivity contribution is 7.26. The summed E-state index contributed by atoms with van der Waals surface area (Å²) < 4.78 is 8.51. The molecule has 0 fully saturated rings. The van der Waals surface area contributed by atoms with E-state index in [1.807, 2.05) is 42.5 Å². The van der Waals surface area contributed by atoms with Gasteiger partial charge in [-0.05, 0) is 60.2 Å². The summed E-state index contributed by atoms with van der Waals surface area (Å²) in [6.45, 7) is 0. The molecule has 0 amide bonds. The standard InChI is InChI=1S/C35H21N3O2S/c39-34-28-16-22(23-19-36-21-37-20-23)14-15-31(28)40-32-17-27-26-12-7-13-30(35(26)41-33(27)18-29(32)34)38(24-8-3-1-4-9-24)25-10-5-2-6-11-25/h1-21H. The van der Waals surface area contributed by atoms with Crippen LogP contribution < -0.4 is 10.3 Å². The number of anilines is 3. The third kappa shape index (κ3) is 3.88. The van der Waals surface area contributed by atoms with E-state index in [1.165, 1.54) is 6.33 Å². The number of benzene rings is 5. The van der Waals surface area contributed by atoms with Gasteiger partial charge >= 0.3 is 0 Å². The Balaban J connectivity index is 1.36. The fraction of sp³-hybridized carbons (Fsp3) is 0. The van der Waals surface area contributed by atoms with Gasteiger partial charge in [-0.1, -0.05) is 54.6 Å². The molecular formula is C35H21N3O2S. The molecule has 0 aliphatic rings. The second kappa shape index (κ2) is 9.40. The Kier molecular flexibility index (Phi) is 5.40. The topological polar surface area (TPSA) is 59.2 Å². The Hall–Kier alpha value is -5.33. The van der Waals surface area contributed by atoms with Gasteiger partial charge in [0.15, 0.2) is 0 Å². The first-order valence-electron chi connectivity index (χ1n) is 13.3. The van der Waals surface area contributed by atoms with Gasteiger partial charge in [-0.2, -0.15) is 0 Å². The van der Waals surface area contributed by atoms with E-state index in [2.05, 4.69) is 81.6 Å². The van der Waals surface area contributed by atoms with Crippen LogP contribution in [0.4, 0.5) is 17.1 Å². The van der Waals surface area contributed by atoms with E-state index in [1.54, 1.807) is 23.7 Å². The Morgan fingerprint density at radius 2 is 1.32 bits per heavy atom. The lowest BCUT2D eigenvalue weighted by Gasteiger charge is -2.25. The average Bonchev–Trinajstić information content (AvgIpc) is 3.40. The van der Waals surface area contributed by atoms with Crippen LogP contribution in [0.15, 0.2) is 137 Å². The molecular weight excluding hydrogens is 526 g/mol. The van der Waals surface area contributed by atoms with Crippen LogP contribution in [0.2, 0.25) is 0 Å². The van der Waals surface area contributed by atoms with Crippen LogP contribution in [0.25, 0.3) is 53.2 Å². The van der Waals surface area contributed by atoms with Crippen molar-refractivity contribution in [3.8, 4) is 11.1 Å². The van der Waals surface area contributed by atoms with Gasteiger partial charge in [0, 0.05) is 44.8 Å². The van der Waals surface area contributed by atoms with Gasteiger partial charge in [0.05, 0.1) is 21.2 Å². The highest BCUT2D eigenvalue weighted by Crippen LogP contribution is 2.45. The smallest absolute Gasteiger partial charge is 0.200 e. The predicted molar refractivity (Wildman–Crippen MR) is 169 cm³/mol. The Bertz CT molecular complexity index is 2240. The van der Waals surface area contributed by atoms with Crippen LogP contribution >= 0.6 is 11.3 Å². The largest absolute Gasteiger partial charge is 0.456 e. The number of hydrogen-bond donors (Lipinski definition) is 0. The van der Waals surface area contributed by atoms with Gasteiger partial charge in [-0.15, -0.1) is 11.3 Å². The Morgan fingerprint density at radius 3 is 2.05 bits per heavy atom. The maximum absolute atomic E-state index is 13.8. The van der Waals surface area contributed by atoms with Crippen molar-refractivity contribution in [2.75, 3.05) is 4.90 Å². The molecule has 0 bridgehead atoms. The van der Waals surface area contributed by atoms with Crippen molar-refractivity contribution in [2.24, 2.45) is 0 Å². The fourth-order valence-corrected chi connectivity index (χ4v) is 6.74. The van der Waals surface area contributed by atoms with Crippen LogP contribution in [0.5, 0.6) is 0 Å². The zero-order valence-corrected chi connectivity index (χ0v) is 22.5. The molecule has 0 unspecified atom stereocenters. The van der Waals surface area contributed by atoms with E-state index in [0.717, 1.165) is 48.4 Å². The lowest BCUT2D eigenvalue weighted by molar-refractivity contribution is 0.660. The van der Waals surface area contributed by atoms with Crippen LogP contribution in [0.3, 0.4) is 0 Å². The van der Waals surface area contributed by atoms with Crippen molar-refractivity contribution in [1.82, 2.24) is 9.97 Å². The summed E-state index contributed by atoms with van der Waals surface area (Å²) in [6.07, 6.45) is 4.97. The zero-order valence-electron chi connectivity index (χ0n) is 21.7. The minimum atomic E-state index is -0.0465. The SMILES string of the molecule is O=c1c2cc(-c3cncnc3)ccc2oc2cc3c(cc12)sc1c(N(c2ccccc2)c2ccccc2)cccc13. The number of rotatable bonds is 4. The number of para-hydroxylation sites is 2. The number of fused-ring (bicyclic) bond motifs is 5. The van der Waals surface area contributed by atoms with E-state index in [0.29, 0.717) is 21.9 Å². The third-order valence-corrected chi connectivity index (χ3v) is 8.62. The Labute approximate surface area is 238 Å². The molecule has 0 aliphatic heterocycles. The molecule has 0 radical (unpaired) electrons. The molecule has 0 saturated heterocycles. The first-order chi connectivity index (χ1) is 20.2. The summed E-state index contributed by atoms with van der Waals surface area (Å²) >= 11 is 1.70. The summed E-state index contributed by atoms with van der Waals surface area (Å²) in [7, 11) is 0. The zero-order chi connectivity index (χ0) is 27.3. The second-order valence-electron chi connectivity index (χ2n) is 9.88. The van der Waals surface area contributed by atoms with Crippen molar-refractivity contribution in [3.63, 3.8) is 0 Å². The van der Waals surface area contributed by atoms with Crippen LogP contribution in [0.1, 0.15) is 0 Å². The molecule has 194 valence electrons. The monoisotopic (exact) mass is 547 g/mol. The lowest BCUT2D eigenvalue weighted by Crippen LogP contribution is -2.09. The van der Waals surface area contributed by atoms with Gasteiger partial charge in [0.25, 0.3) is 0 Å². The molecule has 0 spiro atoms. The van der Waals surface area contributed by atoms with Crippen molar-refractivity contribution < 1.29 is 4.42 Å². The highest BCUT2D eigenvalue weighted by Gasteiger charge is 2.19. The van der Waals surface area contributed by atoms with Gasteiger partial charge in [0.2, 0.25) is 5.43 Å². The number of hydrogen-bond acceptors (Lipinski definition) is 6. The molecule has 8 aromatic rings. The summed E-state index contributed by atoms with van der Waals surface area (Å²) in [6, 6.07) is 36.8. The van der Waals surface area contributed by atoms with Crippen LogP contribution in [-0.4, -0.2) is 9.97 Å². The molecule has 6 heteroatoms. The molecule has 8 rings (SSSR count). The van der Waals surface area contributed by atoms with Gasteiger partial charge < -0.3 is 9.32 Å². The molecule has 41 heavy (non-hydrogen) atoms. The number of aromatic nitrogens is 2. The lowest BCUT2D eigenvalue weighted by atomic mass is 10.0. The first kappa shape index (κ1) is 23.5. The summed E-state index contributed by atoms with van der Waals surface area (Å²) in [5.74, 6) is 0. The maximum Gasteiger partial charge on any atom is 0.200 e. The molecule has 0 N–H and O–H groups in total. The summed E-state index contributed by atoms with van der Waals surface area (Å²) in [5, 5.41) is 3.31. The first-order valence-corrected chi connectivity index (χ1v) is 14.1. The highest BCUT2D eigenvalue weighted by atomic mass is 32.1. The molecule has 0 atom stereocenters. The summed E-state index contributed by atoms with van der Waals surface area (Å²) in [4.78, 5) is 24.3. The molecule has 0 saturated carbocycles. The summed E-state index contributed by atoms with van der Waals surface area (Å²) in [5.41, 5.74) is 6.06. The molecule has 3 heterocycles. The fourth-order valence-electron chi connectivity index (χ4n) is 5.52. The Morgan fingerprint density at radius 1 is 0.610 bits per heavy atom. The normalized spacial score (nSPS) is 11.5. The van der Waals surface area contributed by atoms with E-state index < -0.39 is 0 Å².